The molecule has 0 N–H and O–H groups in total. The summed E-state index contributed by atoms with van der Waals surface area (Å²) in [5.74, 6) is -0.0487. The van der Waals surface area contributed by atoms with Crippen LogP contribution in [0.3, 0.4) is 0 Å². The fraction of sp³-hybridized carbons (Fsp3) is 0.538. The molecule has 1 aromatic rings. The zero-order valence-corrected chi connectivity index (χ0v) is 11.2. The number of carbonyl (C=O) groups is 1. The van der Waals surface area contributed by atoms with Crippen LogP contribution >= 0.6 is 11.6 Å². The van der Waals surface area contributed by atoms with E-state index in [0.717, 1.165) is 32.5 Å². The quantitative estimate of drug-likeness (QED) is 0.845. The van der Waals surface area contributed by atoms with Crippen LogP contribution in [0.5, 0.6) is 0 Å². The van der Waals surface area contributed by atoms with Crippen LogP contribution in [0.1, 0.15) is 30.3 Å². The number of halogens is 1. The van der Waals surface area contributed by atoms with Crippen molar-refractivity contribution in [2.24, 2.45) is 0 Å². The van der Waals surface area contributed by atoms with E-state index >= 15 is 0 Å². The first-order valence-electron chi connectivity index (χ1n) is 6.23. The molecule has 0 atom stereocenters. The molecule has 1 saturated heterocycles. The Kier molecular flexibility index (Phi) is 4.55. The number of rotatable bonds is 3. The van der Waals surface area contributed by atoms with E-state index in [2.05, 4.69) is 4.98 Å². The van der Waals surface area contributed by atoms with Crippen LogP contribution in [0.15, 0.2) is 18.3 Å². The fourth-order valence-corrected chi connectivity index (χ4v) is 2.30. The zero-order chi connectivity index (χ0) is 13.0. The number of carbonyl (C=O) groups excluding carboxylic acids is 1. The molecule has 1 aliphatic rings. The third-order valence-electron chi connectivity index (χ3n) is 3.07. The Morgan fingerprint density at radius 2 is 2.28 bits per heavy atom. The van der Waals surface area contributed by atoms with Crippen LogP contribution in [0, 0.1) is 0 Å². The van der Waals surface area contributed by atoms with Gasteiger partial charge in [0.25, 0.3) is 5.91 Å². The van der Waals surface area contributed by atoms with E-state index in [1.165, 1.54) is 0 Å². The number of piperidine rings is 1. The van der Waals surface area contributed by atoms with Crippen LogP contribution in [-0.2, 0) is 4.74 Å². The maximum absolute atomic E-state index is 12.2. The summed E-state index contributed by atoms with van der Waals surface area (Å²) in [5.41, 5.74) is 0.414. The van der Waals surface area contributed by atoms with Crippen molar-refractivity contribution in [1.82, 2.24) is 9.88 Å². The molecule has 0 saturated carbocycles. The number of nitrogens with zero attached hydrogens (tertiary/aromatic N) is 2. The van der Waals surface area contributed by atoms with E-state index in [-0.39, 0.29) is 12.0 Å². The number of likely N-dealkylation sites (tertiary alicyclic amines) is 1. The predicted molar refractivity (Wildman–Crippen MR) is 69.8 cm³/mol. The highest BCUT2D eigenvalue weighted by molar-refractivity contribution is 6.30. The third-order valence-corrected chi connectivity index (χ3v) is 3.31. The molecule has 1 aromatic heterocycles. The normalized spacial score (nSPS) is 16.9. The topological polar surface area (TPSA) is 42.4 Å². The third kappa shape index (κ3) is 3.21. The molecule has 1 amide bonds. The van der Waals surface area contributed by atoms with E-state index in [1.807, 2.05) is 11.8 Å². The van der Waals surface area contributed by atoms with Gasteiger partial charge in [0.2, 0.25) is 0 Å². The predicted octanol–water partition coefficient (Wildman–Crippen LogP) is 2.38. The van der Waals surface area contributed by atoms with Crippen LogP contribution in [0.4, 0.5) is 0 Å². The highest BCUT2D eigenvalue weighted by Crippen LogP contribution is 2.17. The Morgan fingerprint density at radius 1 is 1.56 bits per heavy atom. The maximum Gasteiger partial charge on any atom is 0.272 e. The van der Waals surface area contributed by atoms with E-state index in [0.29, 0.717) is 10.7 Å². The van der Waals surface area contributed by atoms with E-state index in [9.17, 15) is 4.79 Å². The van der Waals surface area contributed by atoms with Crippen molar-refractivity contribution in [3.63, 3.8) is 0 Å². The molecule has 4 nitrogen and oxygen atoms in total. The Bertz CT molecular complexity index is 417. The molecule has 0 bridgehead atoms. The van der Waals surface area contributed by atoms with Gasteiger partial charge in [-0.05, 0) is 31.9 Å². The Labute approximate surface area is 112 Å². The monoisotopic (exact) mass is 268 g/mol. The summed E-state index contributed by atoms with van der Waals surface area (Å²) < 4.78 is 5.56. The minimum absolute atomic E-state index is 0.0487. The first kappa shape index (κ1) is 13.3. The van der Waals surface area contributed by atoms with Gasteiger partial charge in [0.05, 0.1) is 6.10 Å². The maximum atomic E-state index is 12.2. The second-order valence-electron chi connectivity index (χ2n) is 4.31. The molecule has 0 aliphatic carbocycles. The van der Waals surface area contributed by atoms with Crippen LogP contribution in [-0.4, -0.2) is 41.6 Å². The van der Waals surface area contributed by atoms with Crippen molar-refractivity contribution in [3.8, 4) is 0 Å². The summed E-state index contributed by atoms with van der Waals surface area (Å²) in [6.07, 6.45) is 3.62. The van der Waals surface area contributed by atoms with Gasteiger partial charge < -0.3 is 9.64 Å². The van der Waals surface area contributed by atoms with Gasteiger partial charge in [-0.3, -0.25) is 9.78 Å². The summed E-state index contributed by atoms with van der Waals surface area (Å²) in [6, 6.07) is 3.28. The lowest BCUT2D eigenvalue weighted by molar-refractivity contribution is 0.0144. The van der Waals surface area contributed by atoms with Crippen molar-refractivity contribution < 1.29 is 9.53 Å². The molecule has 0 aromatic carbocycles. The minimum atomic E-state index is -0.0487. The Hall–Kier alpha value is -1.13. The Morgan fingerprint density at radius 3 is 2.89 bits per heavy atom. The van der Waals surface area contributed by atoms with Gasteiger partial charge in [-0.2, -0.15) is 0 Å². The number of amides is 1. The van der Waals surface area contributed by atoms with Crippen molar-refractivity contribution in [2.75, 3.05) is 19.7 Å². The lowest BCUT2D eigenvalue weighted by Crippen LogP contribution is -2.41. The van der Waals surface area contributed by atoms with Gasteiger partial charge in [0.1, 0.15) is 5.69 Å². The molecule has 1 aliphatic heterocycles. The zero-order valence-electron chi connectivity index (χ0n) is 10.4. The van der Waals surface area contributed by atoms with Gasteiger partial charge >= 0.3 is 0 Å². The van der Waals surface area contributed by atoms with Crippen LogP contribution < -0.4 is 0 Å². The number of aromatic nitrogens is 1. The summed E-state index contributed by atoms with van der Waals surface area (Å²) in [6.45, 7) is 4.16. The summed E-state index contributed by atoms with van der Waals surface area (Å²) >= 11 is 5.86. The SMILES string of the molecule is CCOC1CCN(C(=O)c2cc(Cl)ccn2)CC1. The largest absolute Gasteiger partial charge is 0.378 e. The average molecular weight is 269 g/mol. The van der Waals surface area contributed by atoms with Gasteiger partial charge in [-0.15, -0.1) is 0 Å². The van der Waals surface area contributed by atoms with Gasteiger partial charge in [-0.1, -0.05) is 11.6 Å². The summed E-state index contributed by atoms with van der Waals surface area (Å²) in [5, 5.41) is 0.539. The second-order valence-corrected chi connectivity index (χ2v) is 4.74. The Balaban J connectivity index is 1.95. The number of pyridine rings is 1. The van der Waals surface area contributed by atoms with Crippen molar-refractivity contribution in [3.05, 3.63) is 29.0 Å². The first-order chi connectivity index (χ1) is 8.70. The lowest BCUT2D eigenvalue weighted by Gasteiger charge is -2.31. The van der Waals surface area contributed by atoms with Gasteiger partial charge in [-0.25, -0.2) is 0 Å². The molecule has 0 spiro atoms. The van der Waals surface area contributed by atoms with E-state index in [1.54, 1.807) is 18.3 Å². The highest BCUT2D eigenvalue weighted by atomic mass is 35.5. The van der Waals surface area contributed by atoms with Crippen molar-refractivity contribution in [2.45, 2.75) is 25.9 Å². The van der Waals surface area contributed by atoms with Crippen molar-refractivity contribution in [1.29, 1.82) is 0 Å². The van der Waals surface area contributed by atoms with Gasteiger partial charge in [0, 0.05) is 30.9 Å². The van der Waals surface area contributed by atoms with Crippen LogP contribution in [0.2, 0.25) is 5.02 Å². The minimum Gasteiger partial charge on any atom is -0.378 e. The summed E-state index contributed by atoms with van der Waals surface area (Å²) in [7, 11) is 0. The molecule has 18 heavy (non-hydrogen) atoms. The number of ether oxygens (including phenoxy) is 1. The molecule has 2 rings (SSSR count). The van der Waals surface area contributed by atoms with Crippen LogP contribution in [0.25, 0.3) is 0 Å². The smallest absolute Gasteiger partial charge is 0.272 e. The second kappa shape index (κ2) is 6.16. The van der Waals surface area contributed by atoms with E-state index < -0.39 is 0 Å². The number of hydrogen-bond acceptors (Lipinski definition) is 3. The van der Waals surface area contributed by atoms with Gasteiger partial charge in [0.15, 0.2) is 0 Å². The molecule has 1 fully saturated rings. The molecule has 2 heterocycles. The average Bonchev–Trinajstić information content (AvgIpc) is 2.39. The molecule has 98 valence electrons. The number of hydrogen-bond donors (Lipinski definition) is 0. The molecular formula is C13H17ClN2O2. The van der Waals surface area contributed by atoms with E-state index in [4.69, 9.17) is 16.3 Å². The van der Waals surface area contributed by atoms with Crippen molar-refractivity contribution >= 4 is 17.5 Å². The fourth-order valence-electron chi connectivity index (χ4n) is 2.14. The summed E-state index contributed by atoms with van der Waals surface area (Å²) in [4.78, 5) is 18.1. The lowest BCUT2D eigenvalue weighted by atomic mass is 10.1. The molecule has 0 unspecified atom stereocenters. The molecule has 5 heteroatoms. The standard InChI is InChI=1S/C13H17ClN2O2/c1-2-18-11-4-7-16(8-5-11)13(17)12-9-10(14)3-6-15-12/h3,6,9,11H,2,4-5,7-8H2,1H3. The first-order valence-corrected chi connectivity index (χ1v) is 6.61. The molecular weight excluding hydrogens is 252 g/mol. The molecule has 0 radical (unpaired) electrons. The highest BCUT2D eigenvalue weighted by Gasteiger charge is 2.24.